The maximum Gasteiger partial charge on any atom is 0.307 e. The summed E-state index contributed by atoms with van der Waals surface area (Å²) >= 11 is 0. The van der Waals surface area contributed by atoms with Crippen molar-refractivity contribution in [2.24, 2.45) is 11.8 Å². The first-order valence-electron chi connectivity index (χ1n) is 18.0. The Bertz CT molecular complexity index is 1940. The van der Waals surface area contributed by atoms with Crippen molar-refractivity contribution < 1.29 is 68.1 Å². The number of hydrogen-bond donors (Lipinski definition) is 7. The predicted octanol–water partition coefficient (Wildman–Crippen LogP) is -0.359. The second-order valence-corrected chi connectivity index (χ2v) is 15.9. The highest BCUT2D eigenvalue weighted by molar-refractivity contribution is 6.06. The number of methoxy groups -OCH3 is 1. The van der Waals surface area contributed by atoms with E-state index in [0.717, 1.165) is 27.7 Å². The molecule has 3 amide bonds. The first-order valence-corrected chi connectivity index (χ1v) is 18.0. The summed E-state index contributed by atoms with van der Waals surface area (Å²) in [5.41, 5.74) is -4.84. The number of nitrogens with zero attached hydrogens (tertiary/aromatic N) is 2. The summed E-state index contributed by atoms with van der Waals surface area (Å²) in [5, 5.41) is 57.9. The highest BCUT2D eigenvalue weighted by Gasteiger charge is 2.75. The summed E-state index contributed by atoms with van der Waals surface area (Å²) in [7, 11) is 7.57. The number of esters is 3. The third-order valence-electron chi connectivity index (χ3n) is 9.97. The summed E-state index contributed by atoms with van der Waals surface area (Å²) in [5.74, 6) is -17.7. The average molecular weight is 804 g/mol. The van der Waals surface area contributed by atoms with Crippen molar-refractivity contribution in [2.75, 3.05) is 52.1 Å². The van der Waals surface area contributed by atoms with Gasteiger partial charge in [0.25, 0.3) is 5.91 Å². The van der Waals surface area contributed by atoms with E-state index in [4.69, 9.17) is 18.9 Å². The number of anilines is 2. The monoisotopic (exact) mass is 803 g/mol. The van der Waals surface area contributed by atoms with Crippen molar-refractivity contribution in [3.8, 4) is 5.75 Å². The molecule has 1 aromatic carbocycles. The molecule has 0 fully saturated rings. The van der Waals surface area contributed by atoms with Crippen molar-refractivity contribution in [1.29, 1.82) is 0 Å². The third-order valence-corrected chi connectivity index (χ3v) is 9.97. The topological polar surface area (TPSA) is 263 Å². The Kier molecular flexibility index (Phi) is 12.4. The maximum absolute atomic E-state index is 13.9. The summed E-state index contributed by atoms with van der Waals surface area (Å²) in [6.45, 7) is 9.23. The number of fused-ring (bicyclic) bond motifs is 3. The molecule has 3 aliphatic carbocycles. The van der Waals surface area contributed by atoms with Gasteiger partial charge in [0.1, 0.15) is 11.3 Å². The summed E-state index contributed by atoms with van der Waals surface area (Å²) in [6.07, 6.45) is -0.386. The van der Waals surface area contributed by atoms with Crippen LogP contribution in [-0.4, -0.2) is 126 Å². The van der Waals surface area contributed by atoms with Gasteiger partial charge in [0, 0.05) is 64.5 Å². The zero-order valence-electron chi connectivity index (χ0n) is 34.2. The van der Waals surface area contributed by atoms with Crippen LogP contribution in [0.15, 0.2) is 28.7 Å². The molecular weight excluding hydrogens is 750 g/mol. The predicted molar refractivity (Wildman–Crippen MR) is 201 cm³/mol. The van der Waals surface area contributed by atoms with Gasteiger partial charge in [0.05, 0.1) is 30.9 Å². The van der Waals surface area contributed by atoms with Gasteiger partial charge in [-0.2, -0.15) is 0 Å². The van der Waals surface area contributed by atoms with Crippen LogP contribution in [0, 0.1) is 11.8 Å². The lowest BCUT2D eigenvalue weighted by Crippen LogP contribution is -2.74. The number of hydrogen-bond acceptors (Lipinski definition) is 17. The van der Waals surface area contributed by atoms with E-state index in [0.29, 0.717) is 11.3 Å². The van der Waals surface area contributed by atoms with E-state index < -0.39 is 98.9 Å². The molecule has 0 radical (unpaired) electrons. The lowest BCUT2D eigenvalue weighted by atomic mass is 9.55. The van der Waals surface area contributed by atoms with Crippen LogP contribution in [0.1, 0.15) is 66.0 Å². The molecule has 0 saturated carbocycles. The van der Waals surface area contributed by atoms with E-state index in [1.165, 1.54) is 26.1 Å². The summed E-state index contributed by atoms with van der Waals surface area (Å²) in [6, 6.07) is 0.212. The molecule has 0 saturated heterocycles. The van der Waals surface area contributed by atoms with Crippen LogP contribution in [0.2, 0.25) is 0 Å². The molecule has 1 aromatic rings. The van der Waals surface area contributed by atoms with Gasteiger partial charge in [-0.05, 0) is 65.3 Å². The van der Waals surface area contributed by atoms with Crippen LogP contribution in [0.3, 0.4) is 0 Å². The number of carbonyl (C=O) groups excluding carboxylic acids is 6. The number of ether oxygens (including phenoxy) is 4. The molecule has 57 heavy (non-hydrogen) atoms. The van der Waals surface area contributed by atoms with Gasteiger partial charge in [0.2, 0.25) is 29.0 Å². The Balaban J connectivity index is 2.21. The SMILES string of the molecule is COc1c(NC(=O)CNC(C)(C)C)cc(N(C)C)c2c1C(O)(O)C1=C(OC(C)=O)[C@@]3(OC(C)=O)[C@@H](C[C@@H]1C2)[C@H](N(C)C)C(OC(C)=O)=C(C(=O)NC(C)=O)C3(O)O. The van der Waals surface area contributed by atoms with Crippen LogP contribution >= 0.6 is 0 Å². The van der Waals surface area contributed by atoms with E-state index >= 15 is 0 Å². The Hall–Kier alpha value is -4.92. The highest BCUT2D eigenvalue weighted by Crippen LogP contribution is 2.63. The lowest BCUT2D eigenvalue weighted by molar-refractivity contribution is -0.293. The van der Waals surface area contributed by atoms with Gasteiger partial charge in [-0.15, -0.1) is 0 Å². The number of carbonyl (C=O) groups is 6. The number of amides is 3. The zero-order chi connectivity index (χ0) is 43.3. The van der Waals surface area contributed by atoms with E-state index in [1.54, 1.807) is 25.1 Å². The van der Waals surface area contributed by atoms with Gasteiger partial charge in [-0.3, -0.25) is 39.0 Å². The van der Waals surface area contributed by atoms with Gasteiger partial charge >= 0.3 is 17.9 Å². The molecule has 3 aliphatic rings. The van der Waals surface area contributed by atoms with Crippen LogP contribution in [-0.2, 0) is 55.2 Å². The molecule has 0 unspecified atom stereocenters. The maximum atomic E-state index is 13.9. The summed E-state index contributed by atoms with van der Waals surface area (Å²) < 4.78 is 22.8. The Labute approximate surface area is 329 Å². The second-order valence-electron chi connectivity index (χ2n) is 15.9. The van der Waals surface area contributed by atoms with Crippen LogP contribution in [0.4, 0.5) is 11.4 Å². The van der Waals surface area contributed by atoms with Crippen molar-refractivity contribution in [2.45, 2.75) is 90.1 Å². The molecule has 19 heteroatoms. The molecule has 0 aliphatic heterocycles. The van der Waals surface area contributed by atoms with Gasteiger partial charge in [-0.1, -0.05) is 0 Å². The van der Waals surface area contributed by atoms with Crippen molar-refractivity contribution in [3.05, 3.63) is 39.9 Å². The quantitative estimate of drug-likeness (QED) is 0.0905. The lowest BCUT2D eigenvalue weighted by Gasteiger charge is -2.59. The van der Waals surface area contributed by atoms with Gasteiger partial charge in [0.15, 0.2) is 11.5 Å². The summed E-state index contributed by atoms with van der Waals surface area (Å²) in [4.78, 5) is 81.2. The third kappa shape index (κ3) is 8.12. The van der Waals surface area contributed by atoms with Crippen LogP contribution in [0.25, 0.3) is 0 Å². The van der Waals surface area contributed by atoms with Crippen molar-refractivity contribution >= 4 is 47.0 Å². The van der Waals surface area contributed by atoms with Crippen LogP contribution < -0.4 is 25.6 Å². The Morgan fingerprint density at radius 2 is 1.51 bits per heavy atom. The average Bonchev–Trinajstić information content (AvgIpc) is 3.02. The number of likely N-dealkylation sites (N-methyl/N-ethyl adjacent to an activating group) is 1. The van der Waals surface area contributed by atoms with Gasteiger partial charge < -0.3 is 54.9 Å². The number of imide groups is 1. The first-order chi connectivity index (χ1) is 26.1. The minimum absolute atomic E-state index is 0.0192. The molecule has 0 aromatic heterocycles. The molecular formula is C38H53N5O14. The zero-order valence-corrected chi connectivity index (χ0v) is 34.2. The number of rotatable bonds is 10. The van der Waals surface area contributed by atoms with E-state index in [9.17, 15) is 49.2 Å². The van der Waals surface area contributed by atoms with Crippen molar-refractivity contribution in [1.82, 2.24) is 15.5 Å². The number of benzene rings is 1. The van der Waals surface area contributed by atoms with Gasteiger partial charge in [-0.25, -0.2) is 0 Å². The van der Waals surface area contributed by atoms with Crippen LogP contribution in [0.5, 0.6) is 5.75 Å². The second kappa shape index (κ2) is 15.8. The fraction of sp³-hybridized carbons (Fsp3) is 0.579. The largest absolute Gasteiger partial charge is 0.494 e. The molecule has 0 spiro atoms. The number of nitrogens with one attached hydrogen (secondary N) is 3. The standard InChI is InChI=1S/C38H53N5O14/c1-17(44)40-34(49)29-32(55-18(2)45)30(43(10)11)23-14-21-13-22-25(42(8)9)15-24(41-26(48)16-39-35(5,6)7)31(54-12)28(22)37(50,51)27(21)33(56-19(3)46)36(23,38(29,52)53)57-20(4)47/h15,21,23,30,39,50-53H,13-14,16H2,1-12H3,(H,41,48)(H,40,44,49)/t21-,23-,30-,36-/m0/s1. The fourth-order valence-electron chi connectivity index (χ4n) is 8.17. The number of aliphatic hydroxyl groups is 4. The molecule has 314 valence electrons. The molecule has 7 N–H and O–H groups in total. The van der Waals surface area contributed by atoms with E-state index in [-0.39, 0.29) is 36.4 Å². The molecule has 0 heterocycles. The first kappa shape index (κ1) is 44.8. The molecule has 0 bridgehead atoms. The van der Waals surface area contributed by atoms with E-state index in [1.807, 2.05) is 26.1 Å². The Morgan fingerprint density at radius 3 is 1.98 bits per heavy atom. The Morgan fingerprint density at radius 1 is 0.912 bits per heavy atom. The smallest absolute Gasteiger partial charge is 0.307 e. The molecule has 4 atom stereocenters. The molecule has 19 nitrogen and oxygen atoms in total. The van der Waals surface area contributed by atoms with E-state index in [2.05, 4.69) is 10.6 Å². The minimum Gasteiger partial charge on any atom is -0.494 e. The fourth-order valence-corrected chi connectivity index (χ4v) is 8.17. The normalized spacial score (nSPS) is 23.4. The molecule has 4 rings (SSSR count). The highest BCUT2D eigenvalue weighted by atomic mass is 16.6. The van der Waals surface area contributed by atoms with Crippen molar-refractivity contribution in [3.63, 3.8) is 0 Å². The minimum atomic E-state index is -3.83.